The molecule has 1 aliphatic rings. The summed E-state index contributed by atoms with van der Waals surface area (Å²) in [5.41, 5.74) is -2.17. The molecule has 4 rings (SSSR count). The molecule has 0 aromatic heterocycles. The highest BCUT2D eigenvalue weighted by Gasteiger charge is 2.65. The van der Waals surface area contributed by atoms with E-state index in [2.05, 4.69) is 0 Å². The smallest absolute Gasteiger partial charge is 0.338 e. The van der Waals surface area contributed by atoms with Crippen LogP contribution in [0.15, 0.2) is 91.0 Å². The number of carbonyl (C=O) groups excluding carboxylic acids is 4. The van der Waals surface area contributed by atoms with Gasteiger partial charge in [-0.2, -0.15) is 0 Å². The Hall–Kier alpha value is -4.34. The zero-order valence-corrected chi connectivity index (χ0v) is 19.8. The minimum Gasteiger partial charge on any atom is -0.459 e. The Balaban J connectivity index is 1.68. The summed E-state index contributed by atoms with van der Waals surface area (Å²) in [6, 6.07) is 23.8. The van der Waals surface area contributed by atoms with Gasteiger partial charge < -0.3 is 24.1 Å². The molecule has 9 heteroatoms. The zero-order valence-electron chi connectivity index (χ0n) is 19.8. The quantitative estimate of drug-likeness (QED) is 0.280. The molecule has 1 heterocycles. The predicted octanol–water partition coefficient (Wildman–Crippen LogP) is 2.97. The third kappa shape index (κ3) is 5.58. The van der Waals surface area contributed by atoms with E-state index in [0.29, 0.717) is 0 Å². The summed E-state index contributed by atoms with van der Waals surface area (Å²) in [5, 5.41) is 11.8. The van der Waals surface area contributed by atoms with Crippen LogP contribution in [0.4, 0.5) is 0 Å². The van der Waals surface area contributed by atoms with E-state index in [9.17, 15) is 24.3 Å². The van der Waals surface area contributed by atoms with Crippen molar-refractivity contribution >= 4 is 23.7 Å². The van der Waals surface area contributed by atoms with Gasteiger partial charge in [0.15, 0.2) is 6.10 Å². The molecule has 1 fully saturated rings. The maximum atomic E-state index is 13.6. The number of benzene rings is 3. The summed E-state index contributed by atoms with van der Waals surface area (Å²) in [7, 11) is 0. The van der Waals surface area contributed by atoms with Gasteiger partial charge in [0.1, 0.15) is 12.7 Å². The van der Waals surface area contributed by atoms with Crippen LogP contribution in [0.2, 0.25) is 0 Å². The average molecular weight is 504 g/mol. The maximum Gasteiger partial charge on any atom is 0.338 e. The number of carbonyl (C=O) groups is 4. The maximum absolute atomic E-state index is 13.6. The van der Waals surface area contributed by atoms with Crippen LogP contribution in [0.1, 0.15) is 38.0 Å². The lowest BCUT2D eigenvalue weighted by Gasteiger charge is -2.31. The van der Waals surface area contributed by atoms with E-state index in [1.165, 1.54) is 24.3 Å². The summed E-state index contributed by atoms with van der Waals surface area (Å²) in [6.07, 6.45) is -4.88. The Labute approximate surface area is 212 Å². The van der Waals surface area contributed by atoms with Crippen LogP contribution in [-0.2, 0) is 23.7 Å². The SMILES string of the molecule is CC(=O)OC1O[C@H](COC(=O)c2ccccc2)[C@@H](OC(=O)c2ccccc2)[C@]1(O)C(=O)c1ccccc1. The summed E-state index contributed by atoms with van der Waals surface area (Å²) in [5.74, 6) is -3.32. The minimum absolute atomic E-state index is 0.0634. The van der Waals surface area contributed by atoms with Crippen LogP contribution in [-0.4, -0.2) is 59.5 Å². The molecule has 4 atom stereocenters. The summed E-state index contributed by atoms with van der Waals surface area (Å²) < 4.78 is 21.8. The van der Waals surface area contributed by atoms with Crippen molar-refractivity contribution in [2.45, 2.75) is 31.0 Å². The molecular formula is C28H24O9. The zero-order chi connectivity index (χ0) is 26.4. The van der Waals surface area contributed by atoms with E-state index in [1.807, 2.05) is 0 Å². The fourth-order valence-electron chi connectivity index (χ4n) is 3.94. The number of ether oxygens (including phenoxy) is 4. The van der Waals surface area contributed by atoms with Crippen molar-refractivity contribution in [2.75, 3.05) is 6.61 Å². The summed E-state index contributed by atoms with van der Waals surface area (Å²) in [6.45, 7) is 0.563. The molecule has 1 aliphatic heterocycles. The highest BCUT2D eigenvalue weighted by molar-refractivity contribution is 6.04. The predicted molar refractivity (Wildman–Crippen MR) is 129 cm³/mol. The van der Waals surface area contributed by atoms with Gasteiger partial charge in [-0.25, -0.2) is 9.59 Å². The van der Waals surface area contributed by atoms with Gasteiger partial charge in [-0.05, 0) is 24.3 Å². The number of Topliss-reactive ketones (excluding diaryl/α,β-unsaturated/α-hetero) is 1. The first-order chi connectivity index (χ1) is 17.8. The largest absolute Gasteiger partial charge is 0.459 e. The number of hydrogen-bond donors (Lipinski definition) is 1. The van der Waals surface area contributed by atoms with E-state index in [0.717, 1.165) is 6.92 Å². The van der Waals surface area contributed by atoms with Gasteiger partial charge >= 0.3 is 17.9 Å². The molecule has 0 aliphatic carbocycles. The Kier molecular flexibility index (Phi) is 7.76. The molecule has 37 heavy (non-hydrogen) atoms. The van der Waals surface area contributed by atoms with Gasteiger partial charge in [-0.3, -0.25) is 9.59 Å². The van der Waals surface area contributed by atoms with Gasteiger partial charge in [0.2, 0.25) is 17.7 Å². The Morgan fingerprint density at radius 3 is 1.76 bits per heavy atom. The van der Waals surface area contributed by atoms with Crippen molar-refractivity contribution in [1.29, 1.82) is 0 Å². The monoisotopic (exact) mass is 504 g/mol. The van der Waals surface area contributed by atoms with Gasteiger partial charge in [0.25, 0.3) is 0 Å². The number of aliphatic hydroxyl groups is 1. The fraction of sp³-hybridized carbons (Fsp3) is 0.214. The number of hydrogen-bond acceptors (Lipinski definition) is 9. The van der Waals surface area contributed by atoms with E-state index in [1.54, 1.807) is 66.7 Å². The standard InChI is InChI=1S/C28H24O9/c1-18(29)35-27-28(33,23(30)19-11-5-2-6-12-19)24(37-26(32)21-15-9-4-10-16-21)22(36-27)17-34-25(31)20-13-7-3-8-14-20/h2-16,22,24,27,33H,17H2,1H3/t22-,24-,27?,28-/m1/s1. The number of ketones is 1. The highest BCUT2D eigenvalue weighted by Crippen LogP contribution is 2.38. The lowest BCUT2D eigenvalue weighted by Crippen LogP contribution is -2.57. The van der Waals surface area contributed by atoms with Crippen molar-refractivity contribution in [1.82, 2.24) is 0 Å². The van der Waals surface area contributed by atoms with E-state index in [-0.39, 0.29) is 16.7 Å². The Morgan fingerprint density at radius 1 is 0.757 bits per heavy atom. The molecule has 3 aromatic carbocycles. The van der Waals surface area contributed by atoms with Gasteiger partial charge in [-0.15, -0.1) is 0 Å². The first kappa shape index (κ1) is 25.7. The molecule has 3 aromatic rings. The van der Waals surface area contributed by atoms with Crippen molar-refractivity contribution in [3.63, 3.8) is 0 Å². The van der Waals surface area contributed by atoms with Crippen LogP contribution in [0, 0.1) is 0 Å². The lowest BCUT2D eigenvalue weighted by atomic mass is 9.86. The molecule has 0 amide bonds. The third-order valence-electron chi connectivity index (χ3n) is 5.73. The second-order valence-electron chi connectivity index (χ2n) is 8.29. The first-order valence-corrected chi connectivity index (χ1v) is 11.4. The molecule has 190 valence electrons. The summed E-state index contributed by atoms with van der Waals surface area (Å²) >= 11 is 0. The number of esters is 3. The molecule has 0 radical (unpaired) electrons. The minimum atomic E-state index is -2.64. The number of rotatable bonds is 8. The highest BCUT2D eigenvalue weighted by atomic mass is 16.7. The first-order valence-electron chi connectivity index (χ1n) is 11.4. The third-order valence-corrected chi connectivity index (χ3v) is 5.73. The normalized spacial score (nSPS) is 22.6. The van der Waals surface area contributed by atoms with Crippen LogP contribution in [0.3, 0.4) is 0 Å². The van der Waals surface area contributed by atoms with Crippen molar-refractivity contribution < 1.29 is 43.2 Å². The van der Waals surface area contributed by atoms with Gasteiger partial charge in [-0.1, -0.05) is 66.7 Å². The molecule has 1 saturated heterocycles. The second-order valence-corrected chi connectivity index (χ2v) is 8.29. The van der Waals surface area contributed by atoms with Crippen molar-refractivity contribution in [3.05, 3.63) is 108 Å². The Morgan fingerprint density at radius 2 is 1.24 bits per heavy atom. The van der Waals surface area contributed by atoms with Crippen LogP contribution >= 0.6 is 0 Å². The van der Waals surface area contributed by atoms with Crippen molar-refractivity contribution in [2.24, 2.45) is 0 Å². The topological polar surface area (TPSA) is 125 Å². The van der Waals surface area contributed by atoms with Crippen LogP contribution in [0.5, 0.6) is 0 Å². The molecule has 0 spiro atoms. The van der Waals surface area contributed by atoms with Gasteiger partial charge in [0.05, 0.1) is 11.1 Å². The molecular weight excluding hydrogens is 480 g/mol. The van der Waals surface area contributed by atoms with Crippen LogP contribution < -0.4 is 0 Å². The molecule has 9 nitrogen and oxygen atoms in total. The van der Waals surface area contributed by atoms with Crippen LogP contribution in [0.25, 0.3) is 0 Å². The van der Waals surface area contributed by atoms with E-state index >= 15 is 0 Å². The van der Waals surface area contributed by atoms with E-state index in [4.69, 9.17) is 18.9 Å². The Bertz CT molecular complexity index is 1260. The average Bonchev–Trinajstić information content (AvgIpc) is 3.18. The van der Waals surface area contributed by atoms with Gasteiger partial charge in [0, 0.05) is 12.5 Å². The molecule has 0 bridgehead atoms. The molecule has 1 N–H and O–H groups in total. The molecule has 1 unspecified atom stereocenters. The molecule has 0 saturated carbocycles. The second kappa shape index (κ2) is 11.2. The van der Waals surface area contributed by atoms with E-state index < -0.39 is 54.4 Å². The lowest BCUT2D eigenvalue weighted by molar-refractivity contribution is -0.198. The fourth-order valence-corrected chi connectivity index (χ4v) is 3.94. The summed E-state index contributed by atoms with van der Waals surface area (Å²) in [4.78, 5) is 50.9. The van der Waals surface area contributed by atoms with Crippen molar-refractivity contribution in [3.8, 4) is 0 Å².